The van der Waals surface area contributed by atoms with Crippen molar-refractivity contribution in [2.45, 2.75) is 11.7 Å². The molecule has 3 rings (SSSR count). The Balaban J connectivity index is 1.80. The highest BCUT2D eigenvalue weighted by Crippen LogP contribution is 2.32. The Morgan fingerprint density at radius 2 is 1.93 bits per heavy atom. The Hall–Kier alpha value is -3.06. The molecule has 1 amide bonds. The average molecular weight is 395 g/mol. The van der Waals surface area contributed by atoms with Crippen LogP contribution in [0.1, 0.15) is 15.9 Å². The second-order valence-corrected chi connectivity index (χ2v) is 7.29. The number of hydrogen-bond donors (Lipinski definition) is 0. The number of carboxylic acids is 1. The maximum Gasteiger partial charge on any atom is 0.242 e. The fraction of sp³-hybridized carbons (Fsp3) is 0.190. The van der Waals surface area contributed by atoms with Gasteiger partial charge >= 0.3 is 0 Å². The fourth-order valence-corrected chi connectivity index (χ4v) is 3.99. The number of benzene rings is 2. The van der Waals surface area contributed by atoms with Gasteiger partial charge in [0.05, 0.1) is 24.0 Å². The molecule has 0 N–H and O–H groups in total. The van der Waals surface area contributed by atoms with Crippen molar-refractivity contribution >= 4 is 34.5 Å². The Labute approximate surface area is 167 Å². The van der Waals surface area contributed by atoms with Crippen molar-refractivity contribution in [1.29, 1.82) is 0 Å². The Kier molecular flexibility index (Phi) is 6.16. The highest BCUT2D eigenvalue weighted by molar-refractivity contribution is 8.15. The van der Waals surface area contributed by atoms with E-state index in [0.717, 1.165) is 11.3 Å². The molecule has 1 atom stereocenters. The van der Waals surface area contributed by atoms with Crippen LogP contribution < -0.4 is 9.84 Å². The van der Waals surface area contributed by atoms with Gasteiger partial charge in [0.15, 0.2) is 5.17 Å². The second-order valence-electron chi connectivity index (χ2n) is 6.12. The quantitative estimate of drug-likeness (QED) is 0.673. The Morgan fingerprint density at radius 1 is 1.25 bits per heavy atom. The van der Waals surface area contributed by atoms with Gasteiger partial charge in [-0.3, -0.25) is 9.69 Å². The highest BCUT2D eigenvalue weighted by atomic mass is 32.2. The van der Waals surface area contributed by atoms with Crippen LogP contribution in [-0.4, -0.2) is 40.8 Å². The van der Waals surface area contributed by atoms with E-state index in [0.29, 0.717) is 23.8 Å². The molecule has 6 nitrogen and oxygen atoms in total. The molecule has 2 aromatic rings. The van der Waals surface area contributed by atoms with Crippen molar-refractivity contribution in [2.75, 3.05) is 13.7 Å². The molecule has 0 radical (unpaired) electrons. The van der Waals surface area contributed by atoms with Gasteiger partial charge in [0.2, 0.25) is 5.91 Å². The van der Waals surface area contributed by atoms with Crippen LogP contribution in [0.2, 0.25) is 0 Å². The van der Waals surface area contributed by atoms with Crippen LogP contribution in [-0.2, 0) is 11.2 Å². The average Bonchev–Trinajstić information content (AvgIpc) is 2.98. The van der Waals surface area contributed by atoms with Crippen LogP contribution in [0.5, 0.6) is 5.75 Å². The number of amidine groups is 1. The number of aromatic carboxylic acids is 1. The molecule has 2 aromatic carbocycles. The maximum absolute atomic E-state index is 12.8. The Morgan fingerprint density at radius 3 is 2.50 bits per heavy atom. The molecule has 144 valence electrons. The fourth-order valence-electron chi connectivity index (χ4n) is 2.78. The van der Waals surface area contributed by atoms with Crippen LogP contribution in [0.25, 0.3) is 0 Å². The molecule has 1 fully saturated rings. The number of carbonyl (C=O) groups excluding carboxylic acids is 2. The molecule has 1 heterocycles. The zero-order valence-electron chi connectivity index (χ0n) is 15.3. The van der Waals surface area contributed by atoms with Gasteiger partial charge in [-0.25, -0.2) is 4.99 Å². The first-order valence-corrected chi connectivity index (χ1v) is 9.51. The number of ether oxygens (including phenoxy) is 1. The summed E-state index contributed by atoms with van der Waals surface area (Å²) in [6.07, 6.45) is 2.23. The standard InChI is InChI=1S/C21H20N2O4S/c1-3-12-23-19(24)18(13-14-4-10-17(27-2)11-5-14)28-21(23)22-16-8-6-15(7-9-16)20(25)26/h3-11,18H,1,12-13H2,2H3,(H,25,26)/p-1. The molecule has 0 saturated carbocycles. The number of rotatable bonds is 7. The van der Waals surface area contributed by atoms with Crippen LogP contribution in [0.3, 0.4) is 0 Å². The summed E-state index contributed by atoms with van der Waals surface area (Å²) >= 11 is 1.40. The normalized spacial score (nSPS) is 17.8. The molecule has 0 bridgehead atoms. The van der Waals surface area contributed by atoms with Crippen LogP contribution in [0.15, 0.2) is 66.2 Å². The highest BCUT2D eigenvalue weighted by Gasteiger charge is 2.37. The van der Waals surface area contributed by atoms with Gasteiger partial charge in [-0.05, 0) is 41.8 Å². The van der Waals surface area contributed by atoms with Crippen molar-refractivity contribution in [2.24, 2.45) is 4.99 Å². The summed E-state index contributed by atoms with van der Waals surface area (Å²) in [5.41, 5.74) is 1.68. The third kappa shape index (κ3) is 4.43. The number of methoxy groups -OCH3 is 1. The minimum absolute atomic E-state index is 0.0224. The predicted molar refractivity (Wildman–Crippen MR) is 108 cm³/mol. The molecular formula is C21H19N2O4S-. The van der Waals surface area contributed by atoms with Crippen molar-refractivity contribution in [3.8, 4) is 5.75 Å². The summed E-state index contributed by atoms with van der Waals surface area (Å²) in [6, 6.07) is 13.7. The van der Waals surface area contributed by atoms with E-state index in [4.69, 9.17) is 4.74 Å². The van der Waals surface area contributed by atoms with E-state index in [2.05, 4.69) is 11.6 Å². The largest absolute Gasteiger partial charge is 0.545 e. The zero-order valence-corrected chi connectivity index (χ0v) is 16.1. The van der Waals surface area contributed by atoms with E-state index >= 15 is 0 Å². The van der Waals surface area contributed by atoms with Crippen LogP contribution in [0, 0.1) is 0 Å². The lowest BCUT2D eigenvalue weighted by atomic mass is 10.1. The molecule has 0 spiro atoms. The molecule has 7 heteroatoms. The first-order valence-electron chi connectivity index (χ1n) is 8.63. The number of carbonyl (C=O) groups is 2. The second kappa shape index (κ2) is 8.75. The van der Waals surface area contributed by atoms with E-state index in [1.807, 2.05) is 24.3 Å². The molecule has 28 heavy (non-hydrogen) atoms. The smallest absolute Gasteiger partial charge is 0.242 e. The minimum Gasteiger partial charge on any atom is -0.545 e. The topological polar surface area (TPSA) is 82.0 Å². The van der Waals surface area contributed by atoms with Crippen molar-refractivity contribution < 1.29 is 19.4 Å². The first-order chi connectivity index (χ1) is 13.5. The summed E-state index contributed by atoms with van der Waals surface area (Å²) in [7, 11) is 1.61. The predicted octanol–water partition coefficient (Wildman–Crippen LogP) is 2.42. The number of nitrogens with zero attached hydrogens (tertiary/aromatic N) is 2. The third-order valence-corrected chi connectivity index (χ3v) is 5.41. The van der Waals surface area contributed by atoms with Crippen molar-refractivity contribution in [3.63, 3.8) is 0 Å². The van der Waals surface area contributed by atoms with Gasteiger partial charge in [-0.2, -0.15) is 0 Å². The molecule has 1 unspecified atom stereocenters. The summed E-state index contributed by atoms with van der Waals surface area (Å²) in [5.74, 6) is -0.493. The lowest BCUT2D eigenvalue weighted by molar-refractivity contribution is -0.255. The van der Waals surface area contributed by atoms with Crippen LogP contribution in [0.4, 0.5) is 5.69 Å². The summed E-state index contributed by atoms with van der Waals surface area (Å²) in [6.45, 7) is 4.08. The molecule has 0 aromatic heterocycles. The number of amides is 1. The summed E-state index contributed by atoms with van der Waals surface area (Å²) in [4.78, 5) is 29.8. The van der Waals surface area contributed by atoms with E-state index in [1.165, 1.54) is 23.9 Å². The van der Waals surface area contributed by atoms with Gasteiger partial charge in [-0.1, -0.05) is 42.1 Å². The Bertz CT molecular complexity index is 907. The summed E-state index contributed by atoms with van der Waals surface area (Å²) in [5, 5.41) is 11.2. The van der Waals surface area contributed by atoms with Crippen LogP contribution >= 0.6 is 11.8 Å². The summed E-state index contributed by atoms with van der Waals surface area (Å²) < 4.78 is 5.16. The van der Waals surface area contributed by atoms with E-state index < -0.39 is 5.97 Å². The third-order valence-electron chi connectivity index (χ3n) is 4.24. The SMILES string of the molecule is C=CCN1C(=O)C(Cc2ccc(OC)cc2)SC1=Nc1ccc(C(=O)[O-])cc1. The number of carboxylic acid groups (broad SMARTS) is 1. The lowest BCUT2D eigenvalue weighted by Crippen LogP contribution is -2.32. The molecule has 0 aliphatic carbocycles. The zero-order chi connectivity index (χ0) is 20.1. The van der Waals surface area contributed by atoms with Gasteiger partial charge in [0.25, 0.3) is 0 Å². The van der Waals surface area contributed by atoms with E-state index in [1.54, 1.807) is 30.2 Å². The minimum atomic E-state index is -1.24. The number of thioether (sulfide) groups is 1. The van der Waals surface area contributed by atoms with Gasteiger partial charge in [0.1, 0.15) is 5.75 Å². The van der Waals surface area contributed by atoms with E-state index in [9.17, 15) is 14.7 Å². The lowest BCUT2D eigenvalue weighted by Gasteiger charge is -2.14. The number of aliphatic imine (C=N–C) groups is 1. The van der Waals surface area contributed by atoms with Gasteiger partial charge in [-0.15, -0.1) is 6.58 Å². The first kappa shape index (κ1) is 19.7. The number of hydrogen-bond acceptors (Lipinski definition) is 6. The van der Waals surface area contributed by atoms with Gasteiger partial charge < -0.3 is 14.6 Å². The molecule has 1 aliphatic heterocycles. The molecule has 1 saturated heterocycles. The monoisotopic (exact) mass is 395 g/mol. The molecule has 1 aliphatic rings. The van der Waals surface area contributed by atoms with Gasteiger partial charge in [0, 0.05) is 6.54 Å². The maximum atomic E-state index is 12.8. The van der Waals surface area contributed by atoms with E-state index in [-0.39, 0.29) is 16.7 Å². The molecular weight excluding hydrogens is 376 g/mol. The van der Waals surface area contributed by atoms with Crippen molar-refractivity contribution in [1.82, 2.24) is 4.90 Å². The van der Waals surface area contributed by atoms with Crippen molar-refractivity contribution in [3.05, 3.63) is 72.3 Å².